The highest BCUT2D eigenvalue weighted by Gasteiger charge is 2.18. The highest BCUT2D eigenvalue weighted by molar-refractivity contribution is 5.44. The van der Waals surface area contributed by atoms with Gasteiger partial charge in [0.25, 0.3) is 0 Å². The van der Waals surface area contributed by atoms with Crippen molar-refractivity contribution >= 4 is 0 Å². The molecule has 2 nitrogen and oxygen atoms in total. The Hall–Kier alpha value is -1.87. The van der Waals surface area contributed by atoms with Gasteiger partial charge in [0.1, 0.15) is 11.6 Å². The Kier molecular flexibility index (Phi) is 4.74. The minimum absolute atomic E-state index is 0.00421. The fourth-order valence-corrected chi connectivity index (χ4v) is 2.45. The minimum atomic E-state index is -0.257. The number of halogens is 1. The van der Waals surface area contributed by atoms with E-state index in [0.717, 1.165) is 22.4 Å². The molecule has 0 bridgehead atoms. The molecular formula is C17H19FO2. The number of rotatable bonds is 5. The normalized spacial score (nSPS) is 12.2. The third-order valence-corrected chi connectivity index (χ3v) is 3.45. The Morgan fingerprint density at radius 1 is 1.15 bits per heavy atom. The van der Waals surface area contributed by atoms with Crippen LogP contribution in [0.3, 0.4) is 0 Å². The van der Waals surface area contributed by atoms with E-state index in [4.69, 9.17) is 4.74 Å². The Labute approximate surface area is 118 Å². The zero-order valence-corrected chi connectivity index (χ0v) is 11.8. The van der Waals surface area contributed by atoms with Crippen LogP contribution in [0.15, 0.2) is 42.5 Å². The Morgan fingerprint density at radius 3 is 2.45 bits per heavy atom. The van der Waals surface area contributed by atoms with Gasteiger partial charge in [-0.3, -0.25) is 0 Å². The monoisotopic (exact) mass is 274 g/mol. The molecule has 0 fully saturated rings. The Morgan fingerprint density at radius 2 is 1.85 bits per heavy atom. The molecule has 0 amide bonds. The van der Waals surface area contributed by atoms with Crippen molar-refractivity contribution < 1.29 is 14.2 Å². The van der Waals surface area contributed by atoms with Gasteiger partial charge < -0.3 is 9.84 Å². The van der Waals surface area contributed by atoms with Crippen molar-refractivity contribution in [1.82, 2.24) is 0 Å². The van der Waals surface area contributed by atoms with Crippen LogP contribution in [-0.4, -0.2) is 18.8 Å². The first-order valence-corrected chi connectivity index (χ1v) is 6.66. The standard InChI is InChI=1S/C17H19FO2/c1-12-3-8-17(20-2)16(11-12)15(9-10-19)13-4-6-14(18)7-5-13/h3-8,11,15,19H,9-10H2,1-2H3. The summed E-state index contributed by atoms with van der Waals surface area (Å²) in [6.45, 7) is 2.09. The molecule has 0 heterocycles. The fourth-order valence-electron chi connectivity index (χ4n) is 2.45. The summed E-state index contributed by atoms with van der Waals surface area (Å²) in [5.41, 5.74) is 3.13. The second-order valence-corrected chi connectivity index (χ2v) is 4.86. The maximum Gasteiger partial charge on any atom is 0.123 e. The second-order valence-electron chi connectivity index (χ2n) is 4.86. The molecule has 3 heteroatoms. The van der Waals surface area contributed by atoms with Crippen LogP contribution in [0.5, 0.6) is 5.75 Å². The predicted octanol–water partition coefficient (Wildman–Crippen LogP) is 3.66. The Balaban J connectivity index is 2.47. The summed E-state index contributed by atoms with van der Waals surface area (Å²) in [5, 5.41) is 9.33. The molecule has 0 spiro atoms. The minimum Gasteiger partial charge on any atom is -0.496 e. The highest BCUT2D eigenvalue weighted by atomic mass is 19.1. The molecule has 2 aromatic carbocycles. The molecule has 0 aliphatic rings. The average molecular weight is 274 g/mol. The van der Waals surface area contributed by atoms with Gasteiger partial charge in [-0.2, -0.15) is 0 Å². The average Bonchev–Trinajstić information content (AvgIpc) is 2.46. The topological polar surface area (TPSA) is 29.5 Å². The van der Waals surface area contributed by atoms with Gasteiger partial charge in [-0.1, -0.05) is 29.8 Å². The SMILES string of the molecule is COc1ccc(C)cc1C(CCO)c1ccc(F)cc1. The third kappa shape index (κ3) is 3.17. The summed E-state index contributed by atoms with van der Waals surface area (Å²) < 4.78 is 18.5. The van der Waals surface area contributed by atoms with Crippen LogP contribution >= 0.6 is 0 Å². The number of benzene rings is 2. The number of ether oxygens (including phenoxy) is 1. The maximum absolute atomic E-state index is 13.1. The number of hydrogen-bond acceptors (Lipinski definition) is 2. The molecule has 1 atom stereocenters. The molecule has 0 saturated carbocycles. The first kappa shape index (κ1) is 14.5. The van der Waals surface area contributed by atoms with Gasteiger partial charge in [0.15, 0.2) is 0 Å². The first-order valence-electron chi connectivity index (χ1n) is 6.66. The van der Waals surface area contributed by atoms with Crippen LogP contribution < -0.4 is 4.74 Å². The summed E-state index contributed by atoms with van der Waals surface area (Å²) in [6, 6.07) is 12.4. The van der Waals surface area contributed by atoms with Gasteiger partial charge in [-0.25, -0.2) is 4.39 Å². The van der Waals surface area contributed by atoms with E-state index >= 15 is 0 Å². The van der Waals surface area contributed by atoms with Gasteiger partial charge in [0.2, 0.25) is 0 Å². The third-order valence-electron chi connectivity index (χ3n) is 3.45. The van der Waals surface area contributed by atoms with Crippen LogP contribution in [0, 0.1) is 12.7 Å². The van der Waals surface area contributed by atoms with Crippen molar-refractivity contribution in [1.29, 1.82) is 0 Å². The molecule has 20 heavy (non-hydrogen) atoms. The van der Waals surface area contributed by atoms with Crippen LogP contribution in [0.25, 0.3) is 0 Å². The number of aryl methyl sites for hydroxylation is 1. The molecule has 0 aliphatic heterocycles. The van der Waals surface area contributed by atoms with Crippen molar-refractivity contribution in [3.05, 3.63) is 65.0 Å². The quantitative estimate of drug-likeness (QED) is 0.901. The smallest absolute Gasteiger partial charge is 0.123 e. The zero-order valence-electron chi connectivity index (χ0n) is 11.8. The highest BCUT2D eigenvalue weighted by Crippen LogP contribution is 2.34. The van der Waals surface area contributed by atoms with Gasteiger partial charge in [-0.05, 0) is 37.1 Å². The summed E-state index contributed by atoms with van der Waals surface area (Å²) in [5.74, 6) is 0.529. The van der Waals surface area contributed by atoms with Gasteiger partial charge in [0, 0.05) is 18.1 Å². The van der Waals surface area contributed by atoms with E-state index in [-0.39, 0.29) is 18.3 Å². The largest absolute Gasteiger partial charge is 0.496 e. The lowest BCUT2D eigenvalue weighted by Crippen LogP contribution is -2.06. The lowest BCUT2D eigenvalue weighted by Gasteiger charge is -2.20. The summed E-state index contributed by atoms with van der Waals surface area (Å²) >= 11 is 0. The summed E-state index contributed by atoms with van der Waals surface area (Å²) in [4.78, 5) is 0. The molecule has 2 rings (SSSR count). The fraction of sp³-hybridized carbons (Fsp3) is 0.294. The van der Waals surface area contributed by atoms with E-state index in [1.807, 2.05) is 19.1 Å². The van der Waals surface area contributed by atoms with E-state index in [9.17, 15) is 9.50 Å². The van der Waals surface area contributed by atoms with Crippen molar-refractivity contribution in [2.24, 2.45) is 0 Å². The molecule has 1 unspecified atom stereocenters. The molecular weight excluding hydrogens is 255 g/mol. The lowest BCUT2D eigenvalue weighted by atomic mass is 9.87. The second kappa shape index (κ2) is 6.53. The van der Waals surface area contributed by atoms with Crippen LogP contribution in [0.4, 0.5) is 4.39 Å². The lowest BCUT2D eigenvalue weighted by molar-refractivity contribution is 0.280. The van der Waals surface area contributed by atoms with E-state index in [1.54, 1.807) is 19.2 Å². The van der Waals surface area contributed by atoms with E-state index in [1.165, 1.54) is 12.1 Å². The molecule has 0 aliphatic carbocycles. The van der Waals surface area contributed by atoms with E-state index in [2.05, 4.69) is 6.07 Å². The number of aliphatic hydroxyl groups excluding tert-OH is 1. The number of aliphatic hydroxyl groups is 1. The van der Waals surface area contributed by atoms with Crippen molar-refractivity contribution in [3.63, 3.8) is 0 Å². The molecule has 106 valence electrons. The Bertz CT molecular complexity index is 564. The van der Waals surface area contributed by atoms with Crippen molar-refractivity contribution in [2.75, 3.05) is 13.7 Å². The van der Waals surface area contributed by atoms with Gasteiger partial charge in [-0.15, -0.1) is 0 Å². The van der Waals surface area contributed by atoms with Crippen LogP contribution in [-0.2, 0) is 0 Å². The van der Waals surface area contributed by atoms with Crippen LogP contribution in [0.2, 0.25) is 0 Å². The molecule has 0 radical (unpaired) electrons. The van der Waals surface area contributed by atoms with Gasteiger partial charge in [0.05, 0.1) is 7.11 Å². The van der Waals surface area contributed by atoms with E-state index in [0.29, 0.717) is 6.42 Å². The molecule has 2 aromatic rings. The summed E-state index contributed by atoms with van der Waals surface area (Å²) in [7, 11) is 1.63. The molecule has 0 aromatic heterocycles. The predicted molar refractivity (Wildman–Crippen MR) is 77.7 cm³/mol. The zero-order chi connectivity index (χ0) is 14.5. The number of hydrogen-bond donors (Lipinski definition) is 1. The van der Waals surface area contributed by atoms with E-state index < -0.39 is 0 Å². The van der Waals surface area contributed by atoms with Crippen LogP contribution in [0.1, 0.15) is 29.0 Å². The maximum atomic E-state index is 13.1. The molecule has 0 saturated heterocycles. The first-order chi connectivity index (χ1) is 9.65. The van der Waals surface area contributed by atoms with Crippen molar-refractivity contribution in [3.8, 4) is 5.75 Å². The molecule has 1 N–H and O–H groups in total. The summed E-state index contributed by atoms with van der Waals surface area (Å²) in [6.07, 6.45) is 0.575. The number of methoxy groups -OCH3 is 1. The van der Waals surface area contributed by atoms with Crippen molar-refractivity contribution in [2.45, 2.75) is 19.3 Å². The van der Waals surface area contributed by atoms with Gasteiger partial charge >= 0.3 is 0 Å².